The molecule has 4 heteroatoms. The van der Waals surface area contributed by atoms with Crippen molar-refractivity contribution >= 4 is 23.4 Å². The van der Waals surface area contributed by atoms with Crippen LogP contribution >= 0.6 is 11.3 Å². The molecule has 0 atom stereocenters. The Morgan fingerprint density at radius 3 is 2.76 bits per heavy atom. The van der Waals surface area contributed by atoms with E-state index in [1.165, 1.54) is 6.08 Å². The van der Waals surface area contributed by atoms with E-state index in [0.29, 0.717) is 6.61 Å². The summed E-state index contributed by atoms with van der Waals surface area (Å²) < 4.78 is 5.10. The standard InChI is InChI=1S/C13H19NO2S/c1-10-14-11(9-17-10)5-6-12(15)16-8-7-13(2,3)4/h5-6,9H,7-8H2,1-4H3. The van der Waals surface area contributed by atoms with E-state index in [9.17, 15) is 4.79 Å². The second-order valence-corrected chi connectivity index (χ2v) is 6.17. The molecule has 0 amide bonds. The highest BCUT2D eigenvalue weighted by Crippen LogP contribution is 2.18. The van der Waals surface area contributed by atoms with Crippen LogP contribution in [0.15, 0.2) is 11.5 Å². The van der Waals surface area contributed by atoms with Crippen LogP contribution < -0.4 is 0 Å². The number of hydrogen-bond donors (Lipinski definition) is 0. The van der Waals surface area contributed by atoms with Crippen molar-refractivity contribution in [1.29, 1.82) is 0 Å². The number of thiazole rings is 1. The number of esters is 1. The number of rotatable bonds is 4. The number of aromatic nitrogens is 1. The highest BCUT2D eigenvalue weighted by molar-refractivity contribution is 7.09. The second-order valence-electron chi connectivity index (χ2n) is 5.10. The summed E-state index contributed by atoms with van der Waals surface area (Å²) in [5.74, 6) is -0.306. The van der Waals surface area contributed by atoms with Gasteiger partial charge in [0.2, 0.25) is 0 Å². The summed E-state index contributed by atoms with van der Waals surface area (Å²) in [6.07, 6.45) is 3.97. The molecule has 3 nitrogen and oxygen atoms in total. The summed E-state index contributed by atoms with van der Waals surface area (Å²) in [5.41, 5.74) is 0.996. The molecule has 0 aliphatic carbocycles. The Morgan fingerprint density at radius 1 is 1.53 bits per heavy atom. The monoisotopic (exact) mass is 253 g/mol. The molecule has 0 unspecified atom stereocenters. The Balaban J connectivity index is 2.32. The van der Waals surface area contributed by atoms with E-state index in [-0.39, 0.29) is 11.4 Å². The molecule has 0 aliphatic heterocycles. The van der Waals surface area contributed by atoms with Crippen molar-refractivity contribution in [3.8, 4) is 0 Å². The summed E-state index contributed by atoms with van der Waals surface area (Å²) in [7, 11) is 0. The number of carbonyl (C=O) groups excluding carboxylic acids is 1. The highest BCUT2D eigenvalue weighted by Gasteiger charge is 2.10. The molecule has 17 heavy (non-hydrogen) atoms. The summed E-state index contributed by atoms with van der Waals surface area (Å²) in [4.78, 5) is 15.6. The van der Waals surface area contributed by atoms with Crippen molar-refractivity contribution in [2.24, 2.45) is 5.41 Å². The Labute approximate surface area is 107 Å². The molecule has 94 valence electrons. The molecule has 1 heterocycles. The minimum absolute atomic E-state index is 0.190. The van der Waals surface area contributed by atoms with Gasteiger partial charge < -0.3 is 4.74 Å². The minimum Gasteiger partial charge on any atom is -0.463 e. The summed E-state index contributed by atoms with van der Waals surface area (Å²) in [6.45, 7) is 8.75. The molecule has 0 saturated heterocycles. The van der Waals surface area contributed by atoms with Crippen LogP contribution in [0.4, 0.5) is 0 Å². The van der Waals surface area contributed by atoms with Gasteiger partial charge >= 0.3 is 5.97 Å². The lowest BCUT2D eigenvalue weighted by molar-refractivity contribution is -0.138. The number of carbonyl (C=O) groups is 1. The van der Waals surface area contributed by atoms with E-state index in [1.54, 1.807) is 17.4 Å². The molecule has 0 saturated carbocycles. The quantitative estimate of drug-likeness (QED) is 0.609. The number of hydrogen-bond acceptors (Lipinski definition) is 4. The third-order valence-corrected chi connectivity index (χ3v) is 2.92. The maximum absolute atomic E-state index is 11.4. The molecule has 0 fully saturated rings. The Kier molecular flexibility index (Phi) is 4.87. The Bertz CT molecular complexity index is 402. The zero-order chi connectivity index (χ0) is 12.9. The van der Waals surface area contributed by atoms with Crippen molar-refractivity contribution in [3.05, 3.63) is 22.2 Å². The van der Waals surface area contributed by atoms with E-state index >= 15 is 0 Å². The van der Waals surface area contributed by atoms with Crippen LogP contribution in [-0.2, 0) is 9.53 Å². The maximum Gasteiger partial charge on any atom is 0.330 e. The number of ether oxygens (including phenoxy) is 1. The third kappa shape index (κ3) is 6.22. The molecule has 1 aromatic rings. The van der Waals surface area contributed by atoms with E-state index in [2.05, 4.69) is 25.8 Å². The molecule has 1 rings (SSSR count). The topological polar surface area (TPSA) is 39.2 Å². The lowest BCUT2D eigenvalue weighted by Gasteiger charge is -2.16. The molecule has 0 aliphatic rings. The van der Waals surface area contributed by atoms with Crippen molar-refractivity contribution in [3.63, 3.8) is 0 Å². The van der Waals surface area contributed by atoms with E-state index in [4.69, 9.17) is 4.74 Å². The highest BCUT2D eigenvalue weighted by atomic mass is 32.1. The van der Waals surface area contributed by atoms with Crippen LogP contribution in [0, 0.1) is 12.3 Å². The van der Waals surface area contributed by atoms with Gasteiger partial charge in [0.15, 0.2) is 0 Å². The fraction of sp³-hybridized carbons (Fsp3) is 0.538. The summed E-state index contributed by atoms with van der Waals surface area (Å²) in [5, 5.41) is 2.90. The van der Waals surface area contributed by atoms with Crippen LogP contribution in [0.2, 0.25) is 0 Å². The first kappa shape index (κ1) is 13.9. The van der Waals surface area contributed by atoms with E-state index < -0.39 is 0 Å². The van der Waals surface area contributed by atoms with Gasteiger partial charge in [-0.05, 0) is 24.8 Å². The normalized spacial score (nSPS) is 12.0. The largest absolute Gasteiger partial charge is 0.463 e. The third-order valence-electron chi connectivity index (χ3n) is 2.12. The van der Waals surface area contributed by atoms with Gasteiger partial charge in [0.25, 0.3) is 0 Å². The van der Waals surface area contributed by atoms with Gasteiger partial charge in [-0.2, -0.15) is 0 Å². The van der Waals surface area contributed by atoms with E-state index in [1.807, 2.05) is 12.3 Å². The van der Waals surface area contributed by atoms with Crippen LogP contribution in [0.5, 0.6) is 0 Å². The molecule has 0 spiro atoms. The SMILES string of the molecule is Cc1nc(C=CC(=O)OCCC(C)(C)C)cs1. The molecular formula is C13H19NO2S. The van der Waals surface area contributed by atoms with Crippen molar-refractivity contribution in [1.82, 2.24) is 4.98 Å². The van der Waals surface area contributed by atoms with Crippen molar-refractivity contribution in [2.45, 2.75) is 34.1 Å². The fourth-order valence-electron chi connectivity index (χ4n) is 1.12. The average Bonchev–Trinajstić information content (AvgIpc) is 2.59. The van der Waals surface area contributed by atoms with Gasteiger partial charge in [0.05, 0.1) is 17.3 Å². The van der Waals surface area contributed by atoms with Gasteiger partial charge in [-0.1, -0.05) is 20.8 Å². The summed E-state index contributed by atoms with van der Waals surface area (Å²) in [6, 6.07) is 0. The maximum atomic E-state index is 11.4. The number of aryl methyl sites for hydroxylation is 1. The average molecular weight is 253 g/mol. The van der Waals surface area contributed by atoms with Crippen LogP contribution in [-0.4, -0.2) is 17.6 Å². The molecule has 0 bridgehead atoms. The van der Waals surface area contributed by atoms with Gasteiger partial charge in [-0.15, -0.1) is 11.3 Å². The van der Waals surface area contributed by atoms with Gasteiger partial charge in [-0.25, -0.2) is 9.78 Å². The fourth-order valence-corrected chi connectivity index (χ4v) is 1.70. The predicted octanol–water partition coefficient (Wildman–Crippen LogP) is 3.44. The molecule has 0 N–H and O–H groups in total. The van der Waals surface area contributed by atoms with E-state index in [0.717, 1.165) is 17.1 Å². The van der Waals surface area contributed by atoms with Crippen LogP contribution in [0.3, 0.4) is 0 Å². The molecule has 0 radical (unpaired) electrons. The lowest BCUT2D eigenvalue weighted by Crippen LogP contribution is -2.11. The van der Waals surface area contributed by atoms with Crippen molar-refractivity contribution in [2.75, 3.05) is 6.61 Å². The van der Waals surface area contributed by atoms with Gasteiger partial charge in [-0.3, -0.25) is 0 Å². The molecule has 1 aromatic heterocycles. The zero-order valence-electron chi connectivity index (χ0n) is 10.8. The molecule has 0 aromatic carbocycles. The predicted molar refractivity (Wildman–Crippen MR) is 70.9 cm³/mol. The van der Waals surface area contributed by atoms with Crippen molar-refractivity contribution < 1.29 is 9.53 Å². The summed E-state index contributed by atoms with van der Waals surface area (Å²) >= 11 is 1.56. The van der Waals surface area contributed by atoms with Crippen LogP contribution in [0.25, 0.3) is 6.08 Å². The smallest absolute Gasteiger partial charge is 0.330 e. The first-order valence-electron chi connectivity index (χ1n) is 5.64. The zero-order valence-corrected chi connectivity index (χ0v) is 11.6. The van der Waals surface area contributed by atoms with Crippen LogP contribution in [0.1, 0.15) is 37.9 Å². The second kappa shape index (κ2) is 5.96. The Morgan fingerprint density at radius 2 is 2.24 bits per heavy atom. The Hall–Kier alpha value is -1.16. The lowest BCUT2D eigenvalue weighted by atomic mass is 9.93. The number of nitrogens with zero attached hydrogens (tertiary/aromatic N) is 1. The first-order valence-corrected chi connectivity index (χ1v) is 6.52. The van der Waals surface area contributed by atoms with Gasteiger partial charge in [0, 0.05) is 11.5 Å². The minimum atomic E-state index is -0.306. The molecular weight excluding hydrogens is 234 g/mol. The van der Waals surface area contributed by atoms with Gasteiger partial charge in [0.1, 0.15) is 0 Å². The first-order chi connectivity index (χ1) is 7.87.